The molecule has 3 rings (SSSR count). The van der Waals surface area contributed by atoms with E-state index in [0.29, 0.717) is 28.6 Å². The summed E-state index contributed by atoms with van der Waals surface area (Å²) in [5.74, 6) is 0.553. The van der Waals surface area contributed by atoms with Gasteiger partial charge in [0, 0.05) is 7.05 Å². The Morgan fingerprint density at radius 2 is 2.03 bits per heavy atom. The van der Waals surface area contributed by atoms with E-state index < -0.39 is 33.2 Å². The van der Waals surface area contributed by atoms with E-state index in [1.165, 1.54) is 11.8 Å². The van der Waals surface area contributed by atoms with Crippen molar-refractivity contribution < 1.29 is 37.8 Å². The zero-order valence-electron chi connectivity index (χ0n) is 16.4. The zero-order valence-corrected chi connectivity index (χ0v) is 19.0. The van der Waals surface area contributed by atoms with Gasteiger partial charge in [-0.3, -0.25) is 4.52 Å². The standard InChI is InChI=1S/C14H23N5O8P2S/c1-14(6-26-29(24,25)27-28(21,22)23)4-8(9(20)5-14)19-7-16-10-11(15-2)17-13(30-3)18-12(10)19/h7-9,20H,4-6H2,1-3H3,(H,24,25)(H,15,17,18)(H2,21,22,23)/t8-,9-,14+/m1/s1. The predicted octanol–water partition coefficient (Wildman–Crippen LogP) is 1.52. The van der Waals surface area contributed by atoms with Crippen molar-refractivity contribution in [2.75, 3.05) is 25.2 Å². The molecule has 5 N–H and O–H groups in total. The maximum atomic E-state index is 11.8. The molecule has 30 heavy (non-hydrogen) atoms. The molecular formula is C14H23N5O8P2S. The van der Waals surface area contributed by atoms with Crippen LogP contribution in [-0.4, -0.2) is 65.3 Å². The van der Waals surface area contributed by atoms with Gasteiger partial charge < -0.3 is 29.7 Å². The summed E-state index contributed by atoms with van der Waals surface area (Å²) in [6.45, 7) is 1.38. The fourth-order valence-corrected chi connectivity index (χ4v) is 5.67. The maximum Gasteiger partial charge on any atom is 0.481 e. The van der Waals surface area contributed by atoms with Gasteiger partial charge in [0.25, 0.3) is 0 Å². The molecule has 0 saturated heterocycles. The molecule has 0 amide bonds. The number of nitrogens with zero attached hydrogens (tertiary/aromatic N) is 4. The second kappa shape index (κ2) is 8.45. The van der Waals surface area contributed by atoms with Crippen LogP contribution in [-0.2, 0) is 18.0 Å². The molecule has 1 aliphatic rings. The normalized spacial score (nSPS) is 26.8. The summed E-state index contributed by atoms with van der Waals surface area (Å²) >= 11 is 1.36. The lowest BCUT2D eigenvalue weighted by atomic mass is 9.90. The first kappa shape index (κ1) is 23.6. The van der Waals surface area contributed by atoms with Crippen molar-refractivity contribution in [2.24, 2.45) is 5.41 Å². The summed E-state index contributed by atoms with van der Waals surface area (Å²) in [5, 5.41) is 14.2. The summed E-state index contributed by atoms with van der Waals surface area (Å²) < 4.78 is 32.9. The maximum absolute atomic E-state index is 11.8. The number of anilines is 1. The van der Waals surface area contributed by atoms with Gasteiger partial charge in [-0.2, -0.15) is 4.31 Å². The van der Waals surface area contributed by atoms with Crippen molar-refractivity contribution in [3.63, 3.8) is 0 Å². The number of hydrogen-bond acceptors (Lipinski definition) is 10. The molecule has 0 aliphatic heterocycles. The number of imidazole rings is 1. The summed E-state index contributed by atoms with van der Waals surface area (Å²) in [5.41, 5.74) is 0.311. The summed E-state index contributed by atoms with van der Waals surface area (Å²) in [7, 11) is -8.45. The highest BCUT2D eigenvalue weighted by Gasteiger charge is 2.45. The third kappa shape index (κ3) is 5.21. The zero-order chi connectivity index (χ0) is 22.3. The van der Waals surface area contributed by atoms with E-state index >= 15 is 0 Å². The minimum absolute atomic E-state index is 0.215. The smallest absolute Gasteiger partial charge is 0.391 e. The minimum Gasteiger partial charge on any atom is -0.391 e. The van der Waals surface area contributed by atoms with Crippen molar-refractivity contribution in [3.05, 3.63) is 6.33 Å². The van der Waals surface area contributed by atoms with Gasteiger partial charge in [-0.15, -0.1) is 0 Å². The summed E-state index contributed by atoms with van der Waals surface area (Å²) in [4.78, 5) is 40.1. The van der Waals surface area contributed by atoms with E-state index in [0.717, 1.165) is 0 Å². The Kier molecular flexibility index (Phi) is 6.65. The van der Waals surface area contributed by atoms with Crippen LogP contribution in [0.2, 0.25) is 0 Å². The fraction of sp³-hybridized carbons (Fsp3) is 0.643. The van der Waals surface area contributed by atoms with Crippen LogP contribution < -0.4 is 5.32 Å². The van der Waals surface area contributed by atoms with E-state index in [9.17, 15) is 19.1 Å². The van der Waals surface area contributed by atoms with Crippen LogP contribution >= 0.6 is 27.4 Å². The van der Waals surface area contributed by atoms with Crippen molar-refractivity contribution in [3.8, 4) is 0 Å². The number of rotatable bonds is 8. The predicted molar refractivity (Wildman–Crippen MR) is 108 cm³/mol. The van der Waals surface area contributed by atoms with Crippen LogP contribution in [0.25, 0.3) is 11.2 Å². The average Bonchev–Trinajstić information content (AvgIpc) is 3.18. The molecule has 1 saturated carbocycles. The number of phosphoric ester groups is 1. The largest absolute Gasteiger partial charge is 0.481 e. The first-order valence-electron chi connectivity index (χ1n) is 8.75. The molecule has 2 aromatic heterocycles. The first-order valence-corrected chi connectivity index (χ1v) is 13.0. The fourth-order valence-electron chi connectivity index (χ4n) is 3.57. The Labute approximate surface area is 176 Å². The minimum atomic E-state index is -5.20. The molecule has 4 atom stereocenters. The lowest BCUT2D eigenvalue weighted by Crippen LogP contribution is -2.20. The molecule has 2 heterocycles. The number of nitrogens with one attached hydrogen (secondary N) is 1. The highest BCUT2D eigenvalue weighted by Crippen LogP contribution is 2.59. The molecule has 13 nitrogen and oxygen atoms in total. The van der Waals surface area contributed by atoms with Crippen LogP contribution in [0, 0.1) is 5.41 Å². The Bertz CT molecular complexity index is 1030. The number of fused-ring (bicyclic) bond motifs is 1. The van der Waals surface area contributed by atoms with Crippen molar-refractivity contribution in [2.45, 2.75) is 37.1 Å². The van der Waals surface area contributed by atoms with E-state index in [1.54, 1.807) is 24.9 Å². The van der Waals surface area contributed by atoms with Gasteiger partial charge in [-0.1, -0.05) is 18.7 Å². The quantitative estimate of drug-likeness (QED) is 0.207. The van der Waals surface area contributed by atoms with Gasteiger partial charge in [0.1, 0.15) is 0 Å². The molecular weight excluding hydrogens is 460 g/mol. The molecule has 1 aliphatic carbocycles. The van der Waals surface area contributed by atoms with E-state index in [2.05, 4.69) is 24.6 Å². The van der Waals surface area contributed by atoms with Crippen LogP contribution in [0.15, 0.2) is 11.5 Å². The third-order valence-electron chi connectivity index (χ3n) is 4.81. The van der Waals surface area contributed by atoms with Gasteiger partial charge in [-0.25, -0.2) is 24.1 Å². The van der Waals surface area contributed by atoms with E-state index in [1.807, 2.05) is 6.26 Å². The van der Waals surface area contributed by atoms with Crippen molar-refractivity contribution in [1.82, 2.24) is 19.5 Å². The lowest BCUT2D eigenvalue weighted by Gasteiger charge is -2.25. The Balaban J connectivity index is 1.83. The van der Waals surface area contributed by atoms with E-state index in [4.69, 9.17) is 14.3 Å². The number of aliphatic hydroxyl groups excluding tert-OH is 1. The molecule has 0 radical (unpaired) electrons. The number of aromatic nitrogens is 4. The van der Waals surface area contributed by atoms with Gasteiger partial charge in [0.2, 0.25) is 0 Å². The third-order valence-corrected chi connectivity index (χ3v) is 7.49. The van der Waals surface area contributed by atoms with Crippen molar-refractivity contribution >= 4 is 44.4 Å². The number of aliphatic hydroxyl groups is 1. The summed E-state index contributed by atoms with van der Waals surface area (Å²) in [6, 6.07) is -0.446. The molecule has 1 fully saturated rings. The Hall–Kier alpha value is -1.08. The van der Waals surface area contributed by atoms with Crippen LogP contribution in [0.5, 0.6) is 0 Å². The van der Waals surface area contributed by atoms with Gasteiger partial charge >= 0.3 is 15.6 Å². The highest BCUT2D eigenvalue weighted by atomic mass is 32.2. The van der Waals surface area contributed by atoms with Crippen molar-refractivity contribution in [1.29, 1.82) is 0 Å². The second-order valence-corrected chi connectivity index (χ2v) is 10.9. The molecule has 168 valence electrons. The summed E-state index contributed by atoms with van der Waals surface area (Å²) in [6.07, 6.45) is 3.11. The topological polar surface area (TPSA) is 189 Å². The van der Waals surface area contributed by atoms with Crippen LogP contribution in [0.4, 0.5) is 5.82 Å². The first-order chi connectivity index (χ1) is 13.9. The Morgan fingerprint density at radius 3 is 2.63 bits per heavy atom. The average molecular weight is 483 g/mol. The highest BCUT2D eigenvalue weighted by molar-refractivity contribution is 7.98. The Morgan fingerprint density at radius 1 is 1.33 bits per heavy atom. The second-order valence-electron chi connectivity index (χ2n) is 7.30. The molecule has 16 heteroatoms. The van der Waals surface area contributed by atoms with Crippen LogP contribution in [0.3, 0.4) is 0 Å². The number of thioether (sulfide) groups is 1. The molecule has 2 aromatic rings. The number of hydrogen-bond donors (Lipinski definition) is 5. The SMILES string of the molecule is CNc1nc(SC)nc2c1ncn2[C@@H]1C[C@](C)(COP(=O)(O)OP(=O)(O)O)C[C@H]1O. The van der Waals surface area contributed by atoms with Gasteiger partial charge in [-0.05, 0) is 24.5 Å². The molecule has 0 aromatic carbocycles. The number of phosphoric acid groups is 2. The lowest BCUT2D eigenvalue weighted by molar-refractivity contribution is 0.0980. The van der Waals surface area contributed by atoms with Crippen LogP contribution in [0.1, 0.15) is 25.8 Å². The molecule has 1 unspecified atom stereocenters. The monoisotopic (exact) mass is 483 g/mol. The molecule has 0 bridgehead atoms. The van der Waals surface area contributed by atoms with Gasteiger partial charge in [0.15, 0.2) is 22.1 Å². The molecule has 0 spiro atoms. The van der Waals surface area contributed by atoms with E-state index in [-0.39, 0.29) is 13.0 Å². The van der Waals surface area contributed by atoms with Gasteiger partial charge in [0.05, 0.1) is 25.1 Å².